The highest BCUT2D eigenvalue weighted by Crippen LogP contribution is 2.28. The fourth-order valence-corrected chi connectivity index (χ4v) is 2.65. The quantitative estimate of drug-likeness (QED) is 0.874. The second-order valence-electron chi connectivity index (χ2n) is 6.55. The van der Waals surface area contributed by atoms with Crippen LogP contribution in [-0.4, -0.2) is 49.8 Å². The van der Waals surface area contributed by atoms with Crippen molar-refractivity contribution >= 4 is 17.1 Å². The number of hydrogen-bond donors (Lipinski definition) is 1. The molecule has 0 radical (unpaired) electrons. The van der Waals surface area contributed by atoms with Gasteiger partial charge in [0.2, 0.25) is 0 Å². The van der Waals surface area contributed by atoms with Crippen LogP contribution < -0.4 is 0 Å². The molecule has 1 aromatic carbocycles. The number of benzene rings is 1. The van der Waals surface area contributed by atoms with Gasteiger partial charge in [0.25, 0.3) is 0 Å². The molecule has 1 aliphatic rings. The Morgan fingerprint density at radius 3 is 2.91 bits per heavy atom. The van der Waals surface area contributed by atoms with Crippen molar-refractivity contribution in [3.63, 3.8) is 0 Å². The third-order valence-electron chi connectivity index (χ3n) is 3.64. The molecule has 1 atom stereocenters. The summed E-state index contributed by atoms with van der Waals surface area (Å²) in [6, 6.07) is 5.26. The minimum Gasteiger partial charge on any atom is -0.506 e. The van der Waals surface area contributed by atoms with Crippen LogP contribution >= 0.6 is 0 Å². The smallest absolute Gasteiger partial charge is 0.410 e. The molecule has 1 aromatic heterocycles. The van der Waals surface area contributed by atoms with E-state index in [4.69, 9.17) is 4.74 Å². The molecule has 22 heavy (non-hydrogen) atoms. The van der Waals surface area contributed by atoms with Crippen molar-refractivity contribution in [1.29, 1.82) is 0 Å². The Hall–Kier alpha value is -2.31. The average molecular weight is 304 g/mol. The Bertz CT molecular complexity index is 704. The molecule has 0 bridgehead atoms. The Kier molecular flexibility index (Phi) is 3.42. The van der Waals surface area contributed by atoms with Gasteiger partial charge in [0.1, 0.15) is 11.4 Å². The highest BCUT2D eigenvalue weighted by molar-refractivity contribution is 5.80. The number of aromatic nitrogens is 3. The van der Waals surface area contributed by atoms with Gasteiger partial charge in [-0.1, -0.05) is 11.3 Å². The Morgan fingerprint density at radius 1 is 1.41 bits per heavy atom. The lowest BCUT2D eigenvalue weighted by Crippen LogP contribution is -2.35. The number of carbonyl (C=O) groups is 1. The molecule has 1 saturated heterocycles. The first kappa shape index (κ1) is 14.6. The highest BCUT2D eigenvalue weighted by Gasteiger charge is 2.32. The zero-order valence-corrected chi connectivity index (χ0v) is 13.0. The number of carbonyl (C=O) groups excluding carboxylic acids is 1. The van der Waals surface area contributed by atoms with Crippen molar-refractivity contribution in [1.82, 2.24) is 19.9 Å². The maximum atomic E-state index is 12.1. The summed E-state index contributed by atoms with van der Waals surface area (Å²) in [5.41, 5.74) is 0.759. The van der Waals surface area contributed by atoms with Crippen LogP contribution in [0.1, 0.15) is 33.2 Å². The van der Waals surface area contributed by atoms with Gasteiger partial charge in [0.15, 0.2) is 5.52 Å². The largest absolute Gasteiger partial charge is 0.506 e. The summed E-state index contributed by atoms with van der Waals surface area (Å²) in [6.45, 7) is 6.72. The van der Waals surface area contributed by atoms with Crippen molar-refractivity contribution in [3.8, 4) is 5.75 Å². The van der Waals surface area contributed by atoms with E-state index in [2.05, 4.69) is 10.3 Å². The normalized spacial score (nSPS) is 18.9. The highest BCUT2D eigenvalue weighted by atomic mass is 16.6. The van der Waals surface area contributed by atoms with Crippen LogP contribution in [0.3, 0.4) is 0 Å². The molecule has 1 aliphatic heterocycles. The number of phenols is 1. The first-order valence-corrected chi connectivity index (χ1v) is 7.36. The van der Waals surface area contributed by atoms with Gasteiger partial charge in [0, 0.05) is 13.1 Å². The molecule has 7 heteroatoms. The van der Waals surface area contributed by atoms with E-state index in [1.54, 1.807) is 21.7 Å². The second-order valence-corrected chi connectivity index (χ2v) is 6.55. The predicted molar refractivity (Wildman–Crippen MR) is 80.7 cm³/mol. The maximum Gasteiger partial charge on any atom is 0.410 e. The van der Waals surface area contributed by atoms with Crippen LogP contribution in [0, 0.1) is 0 Å². The average Bonchev–Trinajstić information content (AvgIpc) is 3.03. The summed E-state index contributed by atoms with van der Waals surface area (Å²) in [6.07, 6.45) is 0.482. The van der Waals surface area contributed by atoms with Gasteiger partial charge < -0.3 is 14.7 Å². The van der Waals surface area contributed by atoms with Gasteiger partial charge in [0.05, 0.1) is 11.6 Å². The predicted octanol–water partition coefficient (Wildman–Crippen LogP) is 2.32. The van der Waals surface area contributed by atoms with Crippen molar-refractivity contribution in [2.75, 3.05) is 13.1 Å². The molecule has 2 aromatic rings. The summed E-state index contributed by atoms with van der Waals surface area (Å²) < 4.78 is 7.17. The number of fused-ring (bicyclic) bond motifs is 1. The zero-order chi connectivity index (χ0) is 15.9. The molecule has 1 unspecified atom stereocenters. The lowest BCUT2D eigenvalue weighted by Gasteiger charge is -2.24. The molecule has 1 amide bonds. The topological polar surface area (TPSA) is 80.5 Å². The monoisotopic (exact) mass is 304 g/mol. The first-order chi connectivity index (χ1) is 10.3. The number of likely N-dealkylation sites (tertiary alicyclic amines) is 1. The van der Waals surface area contributed by atoms with E-state index in [1.165, 1.54) is 0 Å². The second kappa shape index (κ2) is 5.15. The van der Waals surface area contributed by atoms with Gasteiger partial charge in [-0.2, -0.15) is 0 Å². The minimum atomic E-state index is -0.499. The number of nitrogens with zero attached hydrogens (tertiary/aromatic N) is 4. The molecule has 118 valence electrons. The lowest BCUT2D eigenvalue weighted by molar-refractivity contribution is 0.0288. The standard InChI is InChI=1S/C15H20N4O3/c1-15(2,3)22-14(21)18-8-7-10(9-18)19-11-5-4-6-12(20)13(11)16-17-19/h4-6,10,20H,7-9H2,1-3H3. The van der Waals surface area contributed by atoms with Crippen LogP contribution in [0.5, 0.6) is 5.75 Å². The molecular formula is C15H20N4O3. The van der Waals surface area contributed by atoms with E-state index < -0.39 is 5.60 Å². The van der Waals surface area contributed by atoms with Gasteiger partial charge in [-0.3, -0.25) is 0 Å². The van der Waals surface area contributed by atoms with Crippen LogP contribution in [0.2, 0.25) is 0 Å². The fourth-order valence-electron chi connectivity index (χ4n) is 2.65. The molecule has 3 rings (SSSR count). The number of hydrogen-bond acceptors (Lipinski definition) is 5. The molecule has 0 aliphatic carbocycles. The number of aromatic hydroxyl groups is 1. The van der Waals surface area contributed by atoms with Crippen LogP contribution in [0.25, 0.3) is 11.0 Å². The third kappa shape index (κ3) is 2.70. The fraction of sp³-hybridized carbons (Fsp3) is 0.533. The van der Waals surface area contributed by atoms with Crippen molar-refractivity contribution in [2.45, 2.75) is 38.8 Å². The molecule has 1 N–H and O–H groups in total. The number of rotatable bonds is 1. The van der Waals surface area contributed by atoms with Gasteiger partial charge in [-0.05, 0) is 39.3 Å². The van der Waals surface area contributed by atoms with Crippen molar-refractivity contribution in [3.05, 3.63) is 18.2 Å². The van der Waals surface area contributed by atoms with E-state index in [9.17, 15) is 9.90 Å². The molecule has 0 spiro atoms. The van der Waals surface area contributed by atoms with E-state index in [-0.39, 0.29) is 17.9 Å². The first-order valence-electron chi connectivity index (χ1n) is 7.36. The minimum absolute atomic E-state index is 0.0410. The third-order valence-corrected chi connectivity index (χ3v) is 3.64. The molecule has 2 heterocycles. The Balaban J connectivity index is 1.77. The van der Waals surface area contributed by atoms with Crippen LogP contribution in [0.15, 0.2) is 18.2 Å². The summed E-state index contributed by atoms with van der Waals surface area (Å²) in [7, 11) is 0. The summed E-state index contributed by atoms with van der Waals surface area (Å²) in [5.74, 6) is 0.116. The maximum absolute atomic E-state index is 12.1. The Morgan fingerprint density at radius 2 is 2.18 bits per heavy atom. The van der Waals surface area contributed by atoms with Crippen molar-refractivity contribution < 1.29 is 14.6 Å². The Labute approximate surface area is 128 Å². The van der Waals surface area contributed by atoms with Crippen molar-refractivity contribution in [2.24, 2.45) is 0 Å². The molecule has 0 saturated carbocycles. The number of amides is 1. The molecule has 1 fully saturated rings. The summed E-state index contributed by atoms with van der Waals surface area (Å²) >= 11 is 0. The lowest BCUT2D eigenvalue weighted by atomic mass is 10.2. The van der Waals surface area contributed by atoms with E-state index in [0.717, 1.165) is 11.9 Å². The van der Waals surface area contributed by atoms with Gasteiger partial charge in [-0.15, -0.1) is 5.10 Å². The van der Waals surface area contributed by atoms with E-state index in [1.807, 2.05) is 26.8 Å². The van der Waals surface area contributed by atoms with E-state index in [0.29, 0.717) is 18.6 Å². The SMILES string of the molecule is CC(C)(C)OC(=O)N1CCC(n2nnc3c(O)cccc32)C1. The van der Waals surface area contributed by atoms with Gasteiger partial charge in [-0.25, -0.2) is 9.48 Å². The van der Waals surface area contributed by atoms with Gasteiger partial charge >= 0.3 is 6.09 Å². The summed E-state index contributed by atoms with van der Waals surface area (Å²) in [4.78, 5) is 13.8. The van der Waals surface area contributed by atoms with E-state index >= 15 is 0 Å². The zero-order valence-electron chi connectivity index (χ0n) is 13.0. The molecule has 7 nitrogen and oxygen atoms in total. The molecular weight excluding hydrogens is 284 g/mol. The summed E-state index contributed by atoms with van der Waals surface area (Å²) in [5, 5.41) is 17.9. The van der Waals surface area contributed by atoms with Crippen LogP contribution in [0.4, 0.5) is 4.79 Å². The number of phenolic OH excluding ortho intramolecular Hbond substituents is 1. The number of ether oxygens (including phenoxy) is 1. The van der Waals surface area contributed by atoms with Crippen LogP contribution in [-0.2, 0) is 4.74 Å².